The average Bonchev–Trinajstić information content (AvgIpc) is 2.23. The molecule has 0 aliphatic carbocycles. The number of carbonyl (C=O) groups excluding carboxylic acids is 1. The van der Waals surface area contributed by atoms with Gasteiger partial charge in [-0.15, -0.1) is 0 Å². The molecule has 0 aromatic heterocycles. The number of halogens is 1. The van der Waals surface area contributed by atoms with E-state index in [0.717, 1.165) is 9.37 Å². The van der Waals surface area contributed by atoms with E-state index >= 15 is 0 Å². The molecule has 1 aromatic rings. The van der Waals surface area contributed by atoms with Gasteiger partial charge in [-0.2, -0.15) is 0 Å². The van der Waals surface area contributed by atoms with Crippen molar-refractivity contribution >= 4 is 33.8 Å². The van der Waals surface area contributed by atoms with Crippen LogP contribution in [0.25, 0.3) is 0 Å². The normalized spacial score (nSPS) is 10.2. The zero-order valence-corrected chi connectivity index (χ0v) is 12.0. The first-order chi connectivity index (χ1) is 7.50. The third-order valence-corrected chi connectivity index (χ3v) is 3.71. The number of amides is 1. The summed E-state index contributed by atoms with van der Waals surface area (Å²) < 4.78 is 4.14. The lowest BCUT2D eigenvalue weighted by Crippen LogP contribution is -2.30. The molecule has 1 amide bonds. The third-order valence-electron chi connectivity index (χ3n) is 2.04. The first-order valence-electron chi connectivity index (χ1n) is 4.86. The maximum absolute atomic E-state index is 11.3. The van der Waals surface area contributed by atoms with Crippen molar-refractivity contribution in [2.75, 3.05) is 20.6 Å². The van der Waals surface area contributed by atoms with Crippen LogP contribution in [0.1, 0.15) is 5.56 Å². The van der Waals surface area contributed by atoms with Crippen molar-refractivity contribution in [1.82, 2.24) is 9.62 Å². The number of aryl methyl sites for hydroxylation is 1. The van der Waals surface area contributed by atoms with Crippen molar-refractivity contribution in [2.45, 2.75) is 11.8 Å². The van der Waals surface area contributed by atoms with Gasteiger partial charge in [-0.25, -0.2) is 0 Å². The van der Waals surface area contributed by atoms with Crippen LogP contribution in [0.15, 0.2) is 27.6 Å². The molecule has 0 spiro atoms. The number of nitrogens with zero attached hydrogens (tertiary/aromatic N) is 1. The average molecular weight is 303 g/mol. The van der Waals surface area contributed by atoms with Gasteiger partial charge < -0.3 is 4.90 Å². The zero-order chi connectivity index (χ0) is 12.1. The highest BCUT2D eigenvalue weighted by atomic mass is 79.9. The summed E-state index contributed by atoms with van der Waals surface area (Å²) in [7, 11) is 3.50. The molecule has 88 valence electrons. The second-order valence-electron chi connectivity index (χ2n) is 3.62. The van der Waals surface area contributed by atoms with E-state index in [1.54, 1.807) is 19.0 Å². The fourth-order valence-electron chi connectivity index (χ4n) is 1.02. The molecule has 0 radical (unpaired) electrons. The molecule has 0 bridgehead atoms. The van der Waals surface area contributed by atoms with Gasteiger partial charge in [-0.1, -0.05) is 15.9 Å². The number of hydrogen-bond acceptors (Lipinski definition) is 3. The molecule has 1 N–H and O–H groups in total. The van der Waals surface area contributed by atoms with Crippen LogP contribution in [0, 0.1) is 6.92 Å². The van der Waals surface area contributed by atoms with Crippen molar-refractivity contribution in [2.24, 2.45) is 0 Å². The number of hydrogen-bond donors (Lipinski definition) is 1. The van der Waals surface area contributed by atoms with Crippen molar-refractivity contribution in [3.8, 4) is 0 Å². The fraction of sp³-hybridized carbons (Fsp3) is 0.364. The zero-order valence-electron chi connectivity index (χ0n) is 9.58. The van der Waals surface area contributed by atoms with Gasteiger partial charge in [-0.3, -0.25) is 9.52 Å². The molecule has 0 atom stereocenters. The van der Waals surface area contributed by atoms with E-state index in [9.17, 15) is 4.79 Å². The molecule has 0 saturated carbocycles. The largest absolute Gasteiger partial charge is 0.348 e. The van der Waals surface area contributed by atoms with Crippen LogP contribution in [0.2, 0.25) is 0 Å². The van der Waals surface area contributed by atoms with Crippen LogP contribution >= 0.6 is 27.9 Å². The number of nitrogens with one attached hydrogen (secondary N) is 1. The molecule has 0 aliphatic heterocycles. The predicted octanol–water partition coefficient (Wildman–Crippen LogP) is 2.44. The molecule has 0 heterocycles. The summed E-state index contributed by atoms with van der Waals surface area (Å²) in [6.07, 6.45) is 0. The van der Waals surface area contributed by atoms with Gasteiger partial charge in [0.05, 0.1) is 6.54 Å². The highest BCUT2D eigenvalue weighted by molar-refractivity contribution is 9.10. The Labute approximate surface area is 109 Å². The molecule has 1 rings (SSSR count). The van der Waals surface area contributed by atoms with Gasteiger partial charge >= 0.3 is 0 Å². The Morgan fingerprint density at radius 3 is 2.75 bits per heavy atom. The standard InChI is InChI=1S/C11H15BrN2OS/c1-8-6-9(4-5-10(8)12)16-13-7-11(15)14(2)3/h4-6,13H,7H2,1-3H3. The third kappa shape index (κ3) is 4.15. The van der Waals surface area contributed by atoms with Crippen LogP contribution in [0.3, 0.4) is 0 Å². The SMILES string of the molecule is Cc1cc(SNCC(=O)N(C)C)ccc1Br. The topological polar surface area (TPSA) is 32.3 Å². The minimum atomic E-state index is 0.0707. The van der Waals surface area contributed by atoms with E-state index in [2.05, 4.69) is 26.7 Å². The lowest BCUT2D eigenvalue weighted by atomic mass is 10.2. The minimum Gasteiger partial charge on any atom is -0.348 e. The van der Waals surface area contributed by atoms with E-state index in [-0.39, 0.29) is 5.91 Å². The van der Waals surface area contributed by atoms with Crippen LogP contribution in [0.5, 0.6) is 0 Å². The van der Waals surface area contributed by atoms with Gasteiger partial charge in [0.1, 0.15) is 0 Å². The van der Waals surface area contributed by atoms with Gasteiger partial charge in [0.2, 0.25) is 5.91 Å². The van der Waals surface area contributed by atoms with E-state index in [1.165, 1.54) is 17.5 Å². The van der Waals surface area contributed by atoms with Crippen molar-refractivity contribution in [3.63, 3.8) is 0 Å². The quantitative estimate of drug-likeness (QED) is 0.867. The molecule has 0 fully saturated rings. The summed E-state index contributed by atoms with van der Waals surface area (Å²) >= 11 is 4.92. The maximum Gasteiger partial charge on any atom is 0.236 e. The Balaban J connectivity index is 2.43. The van der Waals surface area contributed by atoms with Crippen molar-refractivity contribution < 1.29 is 4.79 Å². The number of rotatable bonds is 4. The Kier molecular flexibility index (Phi) is 5.31. The summed E-state index contributed by atoms with van der Waals surface area (Å²) in [5.41, 5.74) is 1.19. The second-order valence-corrected chi connectivity index (χ2v) is 5.44. The summed E-state index contributed by atoms with van der Waals surface area (Å²) in [6.45, 7) is 2.38. The van der Waals surface area contributed by atoms with Crippen LogP contribution in [-0.4, -0.2) is 31.4 Å². The Bertz CT molecular complexity index is 382. The fourth-order valence-corrected chi connectivity index (χ4v) is 2.00. The molecule has 16 heavy (non-hydrogen) atoms. The van der Waals surface area contributed by atoms with Gasteiger partial charge in [0.15, 0.2) is 0 Å². The van der Waals surface area contributed by atoms with E-state index in [0.29, 0.717) is 6.54 Å². The molecule has 5 heteroatoms. The summed E-state index contributed by atoms with van der Waals surface area (Å²) in [5, 5.41) is 0. The molecular formula is C11H15BrN2OS. The Morgan fingerprint density at radius 1 is 1.50 bits per heavy atom. The number of benzene rings is 1. The van der Waals surface area contributed by atoms with E-state index in [4.69, 9.17) is 0 Å². The minimum absolute atomic E-state index is 0.0707. The van der Waals surface area contributed by atoms with Crippen LogP contribution < -0.4 is 4.72 Å². The Morgan fingerprint density at radius 2 is 2.19 bits per heavy atom. The second kappa shape index (κ2) is 6.27. The van der Waals surface area contributed by atoms with E-state index < -0.39 is 0 Å². The molecular weight excluding hydrogens is 288 g/mol. The monoisotopic (exact) mass is 302 g/mol. The lowest BCUT2D eigenvalue weighted by molar-refractivity contribution is -0.127. The van der Waals surface area contributed by atoms with E-state index in [1.807, 2.05) is 19.1 Å². The number of likely N-dealkylation sites (N-methyl/N-ethyl adjacent to an activating group) is 1. The van der Waals surface area contributed by atoms with Crippen molar-refractivity contribution in [3.05, 3.63) is 28.2 Å². The molecule has 1 aromatic carbocycles. The maximum atomic E-state index is 11.3. The first-order valence-corrected chi connectivity index (χ1v) is 6.47. The predicted molar refractivity (Wildman–Crippen MR) is 71.4 cm³/mol. The highest BCUT2D eigenvalue weighted by Crippen LogP contribution is 2.22. The molecule has 0 saturated heterocycles. The lowest BCUT2D eigenvalue weighted by Gasteiger charge is -2.10. The van der Waals surface area contributed by atoms with Crippen LogP contribution in [-0.2, 0) is 4.79 Å². The highest BCUT2D eigenvalue weighted by Gasteiger charge is 2.03. The van der Waals surface area contributed by atoms with Gasteiger partial charge in [0, 0.05) is 23.5 Å². The molecule has 0 unspecified atom stereocenters. The molecule has 3 nitrogen and oxygen atoms in total. The smallest absolute Gasteiger partial charge is 0.236 e. The summed E-state index contributed by atoms with van der Waals surface area (Å²) in [4.78, 5) is 14.0. The summed E-state index contributed by atoms with van der Waals surface area (Å²) in [6, 6.07) is 6.09. The van der Waals surface area contributed by atoms with Crippen molar-refractivity contribution in [1.29, 1.82) is 0 Å². The van der Waals surface area contributed by atoms with Gasteiger partial charge in [-0.05, 0) is 42.6 Å². The van der Waals surface area contributed by atoms with Gasteiger partial charge in [0.25, 0.3) is 0 Å². The Hall–Kier alpha value is -0.520. The summed E-state index contributed by atoms with van der Waals surface area (Å²) in [5.74, 6) is 0.0707. The first kappa shape index (κ1) is 13.5. The number of carbonyl (C=O) groups is 1. The van der Waals surface area contributed by atoms with Crippen LogP contribution in [0.4, 0.5) is 0 Å². The molecule has 0 aliphatic rings.